The highest BCUT2D eigenvalue weighted by Crippen LogP contribution is 2.25. The molecule has 1 aromatic heterocycles. The van der Waals surface area contributed by atoms with Gasteiger partial charge in [0.2, 0.25) is 0 Å². The minimum Gasteiger partial charge on any atom is -0.381 e. The summed E-state index contributed by atoms with van der Waals surface area (Å²) in [5, 5.41) is 7.14. The number of nitrogens with zero attached hydrogens (tertiary/aromatic N) is 2. The van der Waals surface area contributed by atoms with E-state index < -0.39 is 0 Å². The Morgan fingerprint density at radius 1 is 1.64 bits per heavy atom. The molecule has 0 saturated carbocycles. The molecule has 1 aromatic rings. The Balaban J connectivity index is 2.37. The van der Waals surface area contributed by atoms with Gasteiger partial charge in [-0.3, -0.25) is 5.10 Å². The molecule has 0 aliphatic carbocycles. The molecule has 1 atom stereocenters. The van der Waals surface area contributed by atoms with Crippen molar-refractivity contribution in [2.75, 3.05) is 13.2 Å². The summed E-state index contributed by atoms with van der Waals surface area (Å²) in [6.45, 7) is 5.84. The molecule has 0 spiro atoms. The number of hydrogen-bond donors (Lipinski definition) is 1. The summed E-state index contributed by atoms with van der Waals surface area (Å²) in [5.41, 5.74) is 0. The van der Waals surface area contributed by atoms with Gasteiger partial charge in [0.25, 0.3) is 0 Å². The Hall–Kier alpha value is -0.680. The predicted octanol–water partition coefficient (Wildman–Crippen LogP) is 2.03. The van der Waals surface area contributed by atoms with Gasteiger partial charge in [0.05, 0.1) is 6.61 Å². The van der Waals surface area contributed by atoms with E-state index in [9.17, 15) is 0 Å². The maximum Gasteiger partial charge on any atom is 0.195 e. The van der Waals surface area contributed by atoms with Gasteiger partial charge >= 0.3 is 0 Å². The molecule has 78 valence electrons. The van der Waals surface area contributed by atoms with Crippen molar-refractivity contribution in [3.8, 4) is 0 Å². The van der Waals surface area contributed by atoms with Crippen LogP contribution in [0, 0.1) is 4.77 Å². The van der Waals surface area contributed by atoms with Crippen molar-refractivity contribution < 1.29 is 4.74 Å². The SMILES string of the molecule is CC(C)n1c(C2CCOC2)n[nH]c1=S. The van der Waals surface area contributed by atoms with Gasteiger partial charge in [0, 0.05) is 18.6 Å². The van der Waals surface area contributed by atoms with E-state index in [0.29, 0.717) is 16.7 Å². The van der Waals surface area contributed by atoms with Gasteiger partial charge in [-0.25, -0.2) is 0 Å². The average molecular weight is 213 g/mol. The minimum absolute atomic E-state index is 0.358. The molecule has 0 amide bonds. The molecule has 4 nitrogen and oxygen atoms in total. The molecule has 1 aliphatic heterocycles. The molecule has 1 saturated heterocycles. The number of aromatic amines is 1. The van der Waals surface area contributed by atoms with E-state index in [1.165, 1.54) is 0 Å². The quantitative estimate of drug-likeness (QED) is 0.764. The van der Waals surface area contributed by atoms with Crippen LogP contribution in [0.15, 0.2) is 0 Å². The lowest BCUT2D eigenvalue weighted by Crippen LogP contribution is -2.11. The normalized spacial score (nSPS) is 22.1. The van der Waals surface area contributed by atoms with Crippen LogP contribution in [0.25, 0.3) is 0 Å². The minimum atomic E-state index is 0.358. The second-order valence-corrected chi connectivity index (χ2v) is 4.30. The van der Waals surface area contributed by atoms with Crippen LogP contribution in [0.2, 0.25) is 0 Å². The summed E-state index contributed by atoms with van der Waals surface area (Å²) < 4.78 is 8.14. The van der Waals surface area contributed by atoms with Gasteiger partial charge in [0.1, 0.15) is 5.82 Å². The Morgan fingerprint density at radius 3 is 3.00 bits per heavy atom. The van der Waals surface area contributed by atoms with E-state index >= 15 is 0 Å². The lowest BCUT2D eigenvalue weighted by molar-refractivity contribution is 0.192. The van der Waals surface area contributed by atoms with E-state index in [1.807, 2.05) is 0 Å². The van der Waals surface area contributed by atoms with E-state index in [1.54, 1.807) is 0 Å². The number of ether oxygens (including phenoxy) is 1. The van der Waals surface area contributed by atoms with Crippen LogP contribution < -0.4 is 0 Å². The maximum atomic E-state index is 5.35. The smallest absolute Gasteiger partial charge is 0.195 e. The summed E-state index contributed by atoms with van der Waals surface area (Å²) in [7, 11) is 0. The standard InChI is InChI=1S/C9H15N3OS/c1-6(2)12-8(10-11-9(12)14)7-3-4-13-5-7/h6-7H,3-5H2,1-2H3,(H,11,14). The first-order valence-corrected chi connectivity index (χ1v) is 5.35. The second-order valence-electron chi connectivity index (χ2n) is 3.91. The van der Waals surface area contributed by atoms with Crippen molar-refractivity contribution in [3.63, 3.8) is 0 Å². The van der Waals surface area contributed by atoms with E-state index in [0.717, 1.165) is 25.5 Å². The molecule has 5 heteroatoms. The van der Waals surface area contributed by atoms with Crippen LogP contribution in [-0.4, -0.2) is 28.0 Å². The lowest BCUT2D eigenvalue weighted by atomic mass is 10.1. The second kappa shape index (κ2) is 3.82. The van der Waals surface area contributed by atoms with Gasteiger partial charge in [0.15, 0.2) is 4.77 Å². The summed E-state index contributed by atoms with van der Waals surface area (Å²) in [6.07, 6.45) is 1.05. The Kier molecular flexibility index (Phi) is 2.69. The van der Waals surface area contributed by atoms with Crippen LogP contribution >= 0.6 is 12.2 Å². The van der Waals surface area contributed by atoms with E-state index in [-0.39, 0.29) is 0 Å². The molecular weight excluding hydrogens is 198 g/mol. The summed E-state index contributed by atoms with van der Waals surface area (Å²) in [5.74, 6) is 1.45. The third-order valence-electron chi connectivity index (χ3n) is 2.54. The van der Waals surface area contributed by atoms with Gasteiger partial charge in [-0.05, 0) is 32.5 Å². The summed E-state index contributed by atoms with van der Waals surface area (Å²) in [4.78, 5) is 0. The highest BCUT2D eigenvalue weighted by atomic mass is 32.1. The van der Waals surface area contributed by atoms with Crippen molar-refractivity contribution in [3.05, 3.63) is 10.6 Å². The van der Waals surface area contributed by atoms with Crippen molar-refractivity contribution in [1.29, 1.82) is 0 Å². The van der Waals surface area contributed by atoms with Gasteiger partial charge in [-0.1, -0.05) is 0 Å². The monoisotopic (exact) mass is 213 g/mol. The highest BCUT2D eigenvalue weighted by molar-refractivity contribution is 7.71. The van der Waals surface area contributed by atoms with E-state index in [4.69, 9.17) is 17.0 Å². The number of nitrogens with one attached hydrogen (secondary N) is 1. The number of aromatic nitrogens is 3. The number of H-pyrrole nitrogens is 1. The van der Waals surface area contributed by atoms with Crippen LogP contribution in [0.3, 0.4) is 0 Å². The molecule has 2 heterocycles. The zero-order valence-electron chi connectivity index (χ0n) is 8.49. The molecule has 1 fully saturated rings. The molecule has 1 N–H and O–H groups in total. The molecule has 0 bridgehead atoms. The van der Waals surface area contributed by atoms with Gasteiger partial charge < -0.3 is 9.30 Å². The van der Waals surface area contributed by atoms with Crippen LogP contribution in [-0.2, 0) is 4.74 Å². The average Bonchev–Trinajstić information content (AvgIpc) is 2.70. The lowest BCUT2D eigenvalue weighted by Gasteiger charge is -2.13. The van der Waals surface area contributed by atoms with Crippen LogP contribution in [0.5, 0.6) is 0 Å². The Labute approximate surface area is 88.3 Å². The van der Waals surface area contributed by atoms with Crippen molar-refractivity contribution in [2.24, 2.45) is 0 Å². The van der Waals surface area contributed by atoms with Gasteiger partial charge in [-0.2, -0.15) is 5.10 Å². The number of hydrogen-bond acceptors (Lipinski definition) is 3. The van der Waals surface area contributed by atoms with Crippen molar-refractivity contribution in [1.82, 2.24) is 14.8 Å². The fraction of sp³-hybridized carbons (Fsp3) is 0.778. The molecule has 1 aliphatic rings. The Morgan fingerprint density at radius 2 is 2.43 bits per heavy atom. The van der Waals surface area contributed by atoms with Crippen LogP contribution in [0.1, 0.15) is 38.1 Å². The summed E-state index contributed by atoms with van der Waals surface area (Å²) >= 11 is 5.19. The molecule has 0 radical (unpaired) electrons. The predicted molar refractivity (Wildman–Crippen MR) is 56.0 cm³/mol. The molecule has 14 heavy (non-hydrogen) atoms. The molecule has 0 aromatic carbocycles. The zero-order chi connectivity index (χ0) is 10.1. The third-order valence-corrected chi connectivity index (χ3v) is 2.83. The fourth-order valence-corrected chi connectivity index (χ4v) is 2.19. The molecular formula is C9H15N3OS. The van der Waals surface area contributed by atoms with Crippen LogP contribution in [0.4, 0.5) is 0 Å². The number of rotatable bonds is 2. The van der Waals surface area contributed by atoms with Crippen molar-refractivity contribution >= 4 is 12.2 Å². The third kappa shape index (κ3) is 1.62. The first kappa shape index (κ1) is 9.86. The first-order chi connectivity index (χ1) is 6.70. The Bertz CT molecular complexity index is 362. The fourth-order valence-electron chi connectivity index (χ4n) is 1.84. The maximum absolute atomic E-state index is 5.35. The highest BCUT2D eigenvalue weighted by Gasteiger charge is 2.24. The summed E-state index contributed by atoms with van der Waals surface area (Å²) in [6, 6.07) is 0.358. The van der Waals surface area contributed by atoms with Crippen molar-refractivity contribution in [2.45, 2.75) is 32.2 Å². The first-order valence-electron chi connectivity index (χ1n) is 4.94. The van der Waals surface area contributed by atoms with Gasteiger partial charge in [-0.15, -0.1) is 0 Å². The zero-order valence-corrected chi connectivity index (χ0v) is 9.30. The molecule has 1 unspecified atom stereocenters. The van der Waals surface area contributed by atoms with E-state index in [2.05, 4.69) is 28.6 Å². The topological polar surface area (TPSA) is 42.8 Å². The largest absolute Gasteiger partial charge is 0.381 e. The molecule has 2 rings (SSSR count).